The Morgan fingerprint density at radius 2 is 1.88 bits per heavy atom. The zero-order valence-corrected chi connectivity index (χ0v) is 15.9. The number of nitrogens with zero attached hydrogens (tertiary/aromatic N) is 5. The van der Waals surface area contributed by atoms with Crippen molar-refractivity contribution >= 4 is 45.4 Å². The summed E-state index contributed by atoms with van der Waals surface area (Å²) in [6.07, 6.45) is 0. The van der Waals surface area contributed by atoms with Gasteiger partial charge in [0, 0.05) is 28.2 Å². The minimum Gasteiger partial charge on any atom is -0.276 e. The zero-order chi connectivity index (χ0) is 18.3. The van der Waals surface area contributed by atoms with E-state index in [2.05, 4.69) is 21.0 Å². The average Bonchev–Trinajstić information content (AvgIpc) is 3.01. The van der Waals surface area contributed by atoms with Gasteiger partial charge in [0.25, 0.3) is 0 Å². The second-order valence-corrected chi connectivity index (χ2v) is 6.72. The number of fused-ring (bicyclic) bond motifs is 1. The Morgan fingerprint density at radius 3 is 2.65 bits per heavy atom. The molecule has 126 valence electrons. The van der Waals surface area contributed by atoms with Gasteiger partial charge in [0.1, 0.15) is 17.2 Å². The summed E-state index contributed by atoms with van der Waals surface area (Å²) in [6.45, 7) is 0. The highest BCUT2D eigenvalue weighted by molar-refractivity contribution is 14.1. The molecule has 4 rings (SSSR count). The maximum Gasteiger partial charge on any atom is 0.194 e. The first kappa shape index (κ1) is 16.9. The van der Waals surface area contributed by atoms with Gasteiger partial charge in [-0.2, -0.15) is 5.26 Å². The van der Waals surface area contributed by atoms with Crippen LogP contribution in [0.1, 0.15) is 5.56 Å². The Kier molecular flexibility index (Phi) is 4.30. The minimum absolute atomic E-state index is 0.215. The third-order valence-corrected chi connectivity index (χ3v) is 4.50. The highest BCUT2D eigenvalue weighted by Crippen LogP contribution is 2.31. The van der Waals surface area contributed by atoms with E-state index in [1.807, 2.05) is 28.7 Å². The van der Waals surface area contributed by atoms with Gasteiger partial charge < -0.3 is 0 Å². The van der Waals surface area contributed by atoms with Crippen LogP contribution in [0, 0.1) is 21.0 Å². The number of benzene rings is 2. The molecular formula is C18H8ClFIN5. The molecule has 0 aliphatic heterocycles. The highest BCUT2D eigenvalue weighted by atomic mass is 127. The highest BCUT2D eigenvalue weighted by Gasteiger charge is 2.19. The summed E-state index contributed by atoms with van der Waals surface area (Å²) in [6, 6.07) is 15.2. The van der Waals surface area contributed by atoms with Gasteiger partial charge >= 0.3 is 0 Å². The Bertz CT molecular complexity index is 1200. The van der Waals surface area contributed by atoms with Crippen LogP contribution in [0.25, 0.3) is 28.2 Å². The van der Waals surface area contributed by atoms with Crippen LogP contribution < -0.4 is 0 Å². The van der Waals surface area contributed by atoms with Crippen molar-refractivity contribution in [2.45, 2.75) is 0 Å². The van der Waals surface area contributed by atoms with Crippen LogP contribution in [0.4, 0.5) is 4.39 Å². The van der Waals surface area contributed by atoms with Crippen molar-refractivity contribution in [1.82, 2.24) is 19.5 Å². The molecule has 5 nitrogen and oxygen atoms in total. The van der Waals surface area contributed by atoms with Crippen molar-refractivity contribution in [1.29, 1.82) is 5.26 Å². The van der Waals surface area contributed by atoms with Crippen LogP contribution in [0.15, 0.2) is 48.5 Å². The van der Waals surface area contributed by atoms with E-state index in [-0.39, 0.29) is 11.0 Å². The number of imidazole rings is 1. The Balaban J connectivity index is 2.11. The third-order valence-electron chi connectivity index (χ3n) is 3.75. The summed E-state index contributed by atoms with van der Waals surface area (Å²) < 4.78 is 16.0. The summed E-state index contributed by atoms with van der Waals surface area (Å²) in [5.41, 5.74) is 2.63. The van der Waals surface area contributed by atoms with Crippen LogP contribution in [0.5, 0.6) is 0 Å². The first-order chi connectivity index (χ1) is 12.6. The molecule has 0 saturated carbocycles. The van der Waals surface area contributed by atoms with Crippen LogP contribution >= 0.6 is 34.2 Å². The van der Waals surface area contributed by atoms with E-state index >= 15 is 0 Å². The van der Waals surface area contributed by atoms with Crippen molar-refractivity contribution in [3.8, 4) is 23.1 Å². The van der Waals surface area contributed by atoms with Gasteiger partial charge in [-0.05, 0) is 30.3 Å². The van der Waals surface area contributed by atoms with Crippen LogP contribution in [-0.2, 0) is 0 Å². The molecule has 0 amide bonds. The van der Waals surface area contributed by atoms with Crippen molar-refractivity contribution < 1.29 is 4.39 Å². The topological polar surface area (TPSA) is 67.4 Å². The van der Waals surface area contributed by atoms with Gasteiger partial charge in [-0.1, -0.05) is 29.8 Å². The molecule has 26 heavy (non-hydrogen) atoms. The maximum absolute atomic E-state index is 13.8. The van der Waals surface area contributed by atoms with E-state index in [0.29, 0.717) is 37.6 Å². The summed E-state index contributed by atoms with van der Waals surface area (Å²) in [5, 5.41) is 9.43. The first-order valence-electron chi connectivity index (χ1n) is 7.45. The normalized spacial score (nSPS) is 10.8. The Morgan fingerprint density at radius 1 is 1.08 bits per heavy atom. The second-order valence-electron chi connectivity index (χ2n) is 5.40. The lowest BCUT2D eigenvalue weighted by atomic mass is 10.2. The number of hydrogen-bond acceptors (Lipinski definition) is 4. The molecule has 0 aliphatic carbocycles. The molecular weight excluding hydrogens is 468 g/mol. The summed E-state index contributed by atoms with van der Waals surface area (Å²) in [7, 11) is 0. The van der Waals surface area contributed by atoms with Gasteiger partial charge in [-0.15, -0.1) is 0 Å². The van der Waals surface area contributed by atoms with Crippen molar-refractivity contribution in [3.63, 3.8) is 0 Å². The lowest BCUT2D eigenvalue weighted by Gasteiger charge is -2.09. The van der Waals surface area contributed by atoms with E-state index in [0.717, 1.165) is 0 Å². The fourth-order valence-corrected chi connectivity index (χ4v) is 3.50. The number of nitriles is 1. The van der Waals surface area contributed by atoms with Gasteiger partial charge in [0.15, 0.2) is 14.6 Å². The molecule has 0 bridgehead atoms. The predicted molar refractivity (Wildman–Crippen MR) is 104 cm³/mol. The molecule has 0 radical (unpaired) electrons. The molecule has 0 fully saturated rings. The number of halogens is 3. The van der Waals surface area contributed by atoms with E-state index in [1.165, 1.54) is 12.1 Å². The molecule has 2 heterocycles. The van der Waals surface area contributed by atoms with Gasteiger partial charge in [-0.25, -0.2) is 19.3 Å². The second kappa shape index (κ2) is 6.63. The largest absolute Gasteiger partial charge is 0.276 e. The SMILES string of the molecule is N#Cc1cccc(-n2c(-c3cccc(F)c3)nc3c(Cl)nc(I)nc32)c1. The van der Waals surface area contributed by atoms with Crippen molar-refractivity contribution in [3.05, 3.63) is 68.9 Å². The van der Waals surface area contributed by atoms with E-state index < -0.39 is 0 Å². The first-order valence-corrected chi connectivity index (χ1v) is 8.90. The van der Waals surface area contributed by atoms with E-state index in [9.17, 15) is 9.65 Å². The summed E-state index contributed by atoms with van der Waals surface area (Å²) >= 11 is 8.23. The molecule has 4 aromatic rings. The smallest absolute Gasteiger partial charge is 0.194 e. The van der Waals surface area contributed by atoms with Crippen molar-refractivity contribution in [2.24, 2.45) is 0 Å². The molecule has 0 unspecified atom stereocenters. The summed E-state index contributed by atoms with van der Waals surface area (Å²) in [4.78, 5) is 13.1. The molecule has 0 aliphatic rings. The van der Waals surface area contributed by atoms with E-state index in [4.69, 9.17) is 11.6 Å². The lowest BCUT2D eigenvalue weighted by molar-refractivity contribution is 0.628. The van der Waals surface area contributed by atoms with Gasteiger partial charge in [0.2, 0.25) is 0 Å². The van der Waals surface area contributed by atoms with E-state index in [1.54, 1.807) is 34.9 Å². The predicted octanol–water partition coefficient (Wildman–Crippen LogP) is 4.75. The third kappa shape index (κ3) is 2.91. The molecule has 0 saturated heterocycles. The maximum atomic E-state index is 13.8. The Labute approximate surface area is 166 Å². The van der Waals surface area contributed by atoms with Crippen LogP contribution in [-0.4, -0.2) is 19.5 Å². The quantitative estimate of drug-likeness (QED) is 0.238. The average molecular weight is 476 g/mol. The number of aromatic nitrogens is 4. The fourth-order valence-electron chi connectivity index (χ4n) is 2.68. The molecule has 2 aromatic carbocycles. The molecule has 0 spiro atoms. The fraction of sp³-hybridized carbons (Fsp3) is 0. The molecule has 0 atom stereocenters. The zero-order valence-electron chi connectivity index (χ0n) is 13.0. The van der Waals surface area contributed by atoms with Gasteiger partial charge in [-0.3, -0.25) is 4.57 Å². The lowest BCUT2D eigenvalue weighted by Crippen LogP contribution is -2.00. The molecule has 8 heteroatoms. The molecule has 2 aromatic heterocycles. The standard InChI is InChI=1S/C18H8ClFIN5/c19-15-14-17(25-18(21)24-15)26(13-6-1-3-10(7-13)9-22)16(23-14)11-4-2-5-12(20)8-11/h1-8H. The summed E-state index contributed by atoms with van der Waals surface area (Å²) in [5.74, 6) is 0.0893. The van der Waals surface area contributed by atoms with Gasteiger partial charge in [0.05, 0.1) is 17.3 Å². The van der Waals surface area contributed by atoms with Crippen LogP contribution in [0.3, 0.4) is 0 Å². The molecule has 0 N–H and O–H groups in total. The minimum atomic E-state index is -0.376. The Hall–Kier alpha value is -2.57. The van der Waals surface area contributed by atoms with Crippen molar-refractivity contribution in [2.75, 3.05) is 0 Å². The number of hydrogen-bond donors (Lipinski definition) is 0. The van der Waals surface area contributed by atoms with Crippen LogP contribution in [0.2, 0.25) is 5.15 Å². The number of rotatable bonds is 2. The monoisotopic (exact) mass is 475 g/mol.